The van der Waals surface area contributed by atoms with Crippen LogP contribution in [-0.4, -0.2) is 74.0 Å². The first kappa shape index (κ1) is 19.5. The van der Waals surface area contributed by atoms with Crippen LogP contribution >= 0.6 is 0 Å². The molecule has 2 fully saturated rings. The normalized spacial score (nSPS) is 22.7. The van der Waals surface area contributed by atoms with E-state index in [0.717, 1.165) is 83.7 Å². The number of guanidine groups is 1. The van der Waals surface area contributed by atoms with Crippen LogP contribution in [0.1, 0.15) is 51.9 Å². The van der Waals surface area contributed by atoms with Crippen molar-refractivity contribution in [1.29, 1.82) is 0 Å². The van der Waals surface area contributed by atoms with E-state index in [2.05, 4.69) is 27.4 Å². The minimum absolute atomic E-state index is 0.472. The Morgan fingerprint density at radius 2 is 2.00 bits per heavy atom. The van der Waals surface area contributed by atoms with E-state index in [1.165, 1.54) is 0 Å². The van der Waals surface area contributed by atoms with Gasteiger partial charge in [0.25, 0.3) is 0 Å². The van der Waals surface area contributed by atoms with Crippen molar-refractivity contribution in [3.63, 3.8) is 0 Å². The Morgan fingerprint density at radius 1 is 1.29 bits per heavy atom. The van der Waals surface area contributed by atoms with E-state index in [9.17, 15) is 5.11 Å². The number of aliphatic hydroxyl groups is 1. The zero-order valence-electron chi connectivity index (χ0n) is 15.5. The third-order valence-electron chi connectivity index (χ3n) is 5.16. The quantitative estimate of drug-likeness (QED) is 0.353. The Kier molecular flexibility index (Phi) is 8.29. The van der Waals surface area contributed by atoms with Gasteiger partial charge >= 0.3 is 0 Å². The highest BCUT2D eigenvalue weighted by Gasteiger charge is 2.31. The predicted molar refractivity (Wildman–Crippen MR) is 98.5 cm³/mol. The highest BCUT2D eigenvalue weighted by atomic mass is 16.5. The molecule has 1 heterocycles. The maximum atomic E-state index is 10.5. The molecule has 3 N–H and O–H groups in total. The summed E-state index contributed by atoms with van der Waals surface area (Å²) in [5.41, 5.74) is -0.576. The Balaban J connectivity index is 1.74. The van der Waals surface area contributed by atoms with Crippen molar-refractivity contribution in [2.45, 2.75) is 63.5 Å². The summed E-state index contributed by atoms with van der Waals surface area (Å²) < 4.78 is 5.13. The predicted octanol–water partition coefficient (Wildman–Crippen LogP) is 1.35. The highest BCUT2D eigenvalue weighted by molar-refractivity contribution is 5.80. The largest absolute Gasteiger partial charge is 0.388 e. The van der Waals surface area contributed by atoms with Crippen molar-refractivity contribution in [3.8, 4) is 0 Å². The molecule has 0 bridgehead atoms. The third kappa shape index (κ3) is 6.57. The molecule has 6 heteroatoms. The summed E-state index contributed by atoms with van der Waals surface area (Å²) in [6.07, 6.45) is 7.40. The molecule has 0 aromatic heterocycles. The SMILES string of the molecule is CCNC(=NCC1(O)CCCC1)NC1CCN(CCCOC)CC1. The number of nitrogens with zero attached hydrogens (tertiary/aromatic N) is 2. The molecule has 2 rings (SSSR count). The number of hydrogen-bond donors (Lipinski definition) is 3. The van der Waals surface area contributed by atoms with Gasteiger partial charge < -0.3 is 25.4 Å². The second-order valence-corrected chi connectivity index (χ2v) is 7.23. The highest BCUT2D eigenvalue weighted by Crippen LogP contribution is 2.29. The summed E-state index contributed by atoms with van der Waals surface area (Å²) in [6, 6.07) is 0.472. The number of ether oxygens (including phenoxy) is 1. The maximum absolute atomic E-state index is 10.5. The van der Waals surface area contributed by atoms with Gasteiger partial charge in [-0.3, -0.25) is 4.99 Å². The number of nitrogens with one attached hydrogen (secondary N) is 2. The Morgan fingerprint density at radius 3 is 2.62 bits per heavy atom. The first-order valence-corrected chi connectivity index (χ1v) is 9.64. The van der Waals surface area contributed by atoms with Gasteiger partial charge in [0.1, 0.15) is 0 Å². The lowest BCUT2D eigenvalue weighted by molar-refractivity contribution is 0.0573. The van der Waals surface area contributed by atoms with Crippen LogP contribution in [0, 0.1) is 0 Å². The first-order chi connectivity index (χ1) is 11.6. The van der Waals surface area contributed by atoms with E-state index in [0.29, 0.717) is 12.6 Å². The van der Waals surface area contributed by atoms with Crippen LogP contribution in [0.2, 0.25) is 0 Å². The minimum atomic E-state index is -0.576. The van der Waals surface area contributed by atoms with Crippen molar-refractivity contribution in [2.75, 3.05) is 46.4 Å². The summed E-state index contributed by atoms with van der Waals surface area (Å²) in [5.74, 6) is 0.857. The van der Waals surface area contributed by atoms with Gasteiger partial charge in [-0.1, -0.05) is 12.8 Å². The lowest BCUT2D eigenvalue weighted by Gasteiger charge is -2.33. The van der Waals surface area contributed by atoms with Gasteiger partial charge in [-0.05, 0) is 39.0 Å². The van der Waals surface area contributed by atoms with Crippen molar-refractivity contribution < 1.29 is 9.84 Å². The second kappa shape index (κ2) is 10.2. The van der Waals surface area contributed by atoms with Crippen LogP contribution in [-0.2, 0) is 4.74 Å². The van der Waals surface area contributed by atoms with Crippen LogP contribution in [0.25, 0.3) is 0 Å². The zero-order valence-corrected chi connectivity index (χ0v) is 15.5. The maximum Gasteiger partial charge on any atom is 0.191 e. The summed E-state index contributed by atoms with van der Waals surface area (Å²) in [6.45, 7) is 7.67. The number of aliphatic imine (C=N–C) groups is 1. The smallest absolute Gasteiger partial charge is 0.191 e. The lowest BCUT2D eigenvalue weighted by Crippen LogP contribution is -2.49. The fourth-order valence-corrected chi connectivity index (χ4v) is 3.66. The monoisotopic (exact) mass is 340 g/mol. The molecular weight excluding hydrogens is 304 g/mol. The topological polar surface area (TPSA) is 69.1 Å². The van der Waals surface area contributed by atoms with Gasteiger partial charge in [0.05, 0.1) is 12.1 Å². The zero-order chi connectivity index (χ0) is 17.3. The standard InChI is InChI=1S/C18H36N4O2/c1-3-19-17(20-15-18(23)9-4-5-10-18)21-16-7-12-22(13-8-16)11-6-14-24-2/h16,23H,3-15H2,1-2H3,(H2,19,20,21). The van der Waals surface area contributed by atoms with Gasteiger partial charge in [-0.25, -0.2) is 0 Å². The van der Waals surface area contributed by atoms with Gasteiger partial charge in [0.2, 0.25) is 0 Å². The molecule has 140 valence electrons. The lowest BCUT2D eigenvalue weighted by atomic mass is 10.0. The van der Waals surface area contributed by atoms with E-state index in [-0.39, 0.29) is 0 Å². The van der Waals surface area contributed by atoms with E-state index in [1.807, 2.05) is 0 Å². The van der Waals surface area contributed by atoms with Crippen LogP contribution in [0.3, 0.4) is 0 Å². The van der Waals surface area contributed by atoms with Crippen molar-refractivity contribution in [2.24, 2.45) is 4.99 Å². The molecule has 0 aromatic rings. The van der Waals surface area contributed by atoms with Crippen molar-refractivity contribution in [1.82, 2.24) is 15.5 Å². The van der Waals surface area contributed by atoms with Crippen LogP contribution in [0.15, 0.2) is 4.99 Å². The van der Waals surface area contributed by atoms with Gasteiger partial charge in [0, 0.05) is 45.9 Å². The molecule has 6 nitrogen and oxygen atoms in total. The molecule has 0 atom stereocenters. The van der Waals surface area contributed by atoms with E-state index in [1.54, 1.807) is 7.11 Å². The summed E-state index contributed by atoms with van der Waals surface area (Å²) >= 11 is 0. The van der Waals surface area contributed by atoms with Crippen LogP contribution in [0.5, 0.6) is 0 Å². The fraction of sp³-hybridized carbons (Fsp3) is 0.944. The molecule has 1 aliphatic heterocycles. The molecule has 0 radical (unpaired) electrons. The van der Waals surface area contributed by atoms with E-state index >= 15 is 0 Å². The molecule has 1 saturated heterocycles. The molecule has 1 saturated carbocycles. The fourth-order valence-electron chi connectivity index (χ4n) is 3.66. The Hall–Kier alpha value is -0.850. The van der Waals surface area contributed by atoms with E-state index < -0.39 is 5.60 Å². The first-order valence-electron chi connectivity index (χ1n) is 9.64. The average molecular weight is 341 g/mol. The molecule has 1 aliphatic carbocycles. The Labute approximate surface area is 147 Å². The van der Waals surface area contributed by atoms with Gasteiger partial charge in [-0.15, -0.1) is 0 Å². The molecule has 2 aliphatic rings. The average Bonchev–Trinajstić information content (AvgIpc) is 3.02. The van der Waals surface area contributed by atoms with Crippen LogP contribution < -0.4 is 10.6 Å². The summed E-state index contributed by atoms with van der Waals surface area (Å²) in [5, 5.41) is 17.4. The van der Waals surface area contributed by atoms with E-state index in [4.69, 9.17) is 4.74 Å². The number of likely N-dealkylation sites (tertiary alicyclic amines) is 1. The molecule has 0 amide bonds. The Bertz CT molecular complexity index is 375. The number of rotatable bonds is 8. The van der Waals surface area contributed by atoms with Crippen LogP contribution in [0.4, 0.5) is 0 Å². The molecule has 0 spiro atoms. The molecule has 24 heavy (non-hydrogen) atoms. The molecule has 0 aromatic carbocycles. The van der Waals surface area contributed by atoms with Gasteiger partial charge in [-0.2, -0.15) is 0 Å². The minimum Gasteiger partial charge on any atom is -0.388 e. The summed E-state index contributed by atoms with van der Waals surface area (Å²) in [4.78, 5) is 7.17. The molecule has 0 unspecified atom stereocenters. The number of methoxy groups -OCH3 is 1. The number of piperidine rings is 1. The van der Waals surface area contributed by atoms with Crippen molar-refractivity contribution in [3.05, 3.63) is 0 Å². The van der Waals surface area contributed by atoms with Crippen molar-refractivity contribution >= 4 is 5.96 Å². The summed E-state index contributed by atoms with van der Waals surface area (Å²) in [7, 11) is 1.76. The number of hydrogen-bond acceptors (Lipinski definition) is 4. The molecular formula is C18H36N4O2. The third-order valence-corrected chi connectivity index (χ3v) is 5.16. The second-order valence-electron chi connectivity index (χ2n) is 7.23. The van der Waals surface area contributed by atoms with Gasteiger partial charge in [0.15, 0.2) is 5.96 Å².